The standard InChI is InChI=1S/C18H22N2O5/c1-11-4-2-5-12(10-11)20-9-3-6-13(17(20)22)19-16(21)14-7-8-15(25-14)18(23)24/h2,4-5,10,13-15H,3,6-9H2,1H3,(H,19,21)(H,23,24)/t13?,14-,15+/m1/s1. The van der Waals surface area contributed by atoms with E-state index in [1.165, 1.54) is 0 Å². The van der Waals surface area contributed by atoms with Crippen molar-refractivity contribution in [3.8, 4) is 0 Å². The van der Waals surface area contributed by atoms with Gasteiger partial charge in [0.2, 0.25) is 11.8 Å². The Morgan fingerprint density at radius 2 is 2.00 bits per heavy atom. The van der Waals surface area contributed by atoms with Gasteiger partial charge < -0.3 is 20.1 Å². The van der Waals surface area contributed by atoms with Gasteiger partial charge in [0.05, 0.1) is 0 Å². The lowest BCUT2D eigenvalue weighted by Gasteiger charge is -2.33. The molecule has 0 radical (unpaired) electrons. The number of nitrogens with one attached hydrogen (secondary N) is 1. The molecule has 2 amide bonds. The van der Waals surface area contributed by atoms with Crippen molar-refractivity contribution in [1.82, 2.24) is 5.32 Å². The maximum atomic E-state index is 12.7. The predicted octanol–water partition coefficient (Wildman–Crippen LogP) is 1.24. The molecule has 3 atom stereocenters. The molecule has 0 saturated carbocycles. The Labute approximate surface area is 146 Å². The van der Waals surface area contributed by atoms with Crippen molar-refractivity contribution in [3.05, 3.63) is 29.8 Å². The second-order valence-electron chi connectivity index (χ2n) is 6.56. The van der Waals surface area contributed by atoms with Gasteiger partial charge >= 0.3 is 5.97 Å². The summed E-state index contributed by atoms with van der Waals surface area (Å²) < 4.78 is 5.25. The number of ether oxygens (including phenoxy) is 1. The molecule has 2 aliphatic heterocycles. The monoisotopic (exact) mass is 346 g/mol. The largest absolute Gasteiger partial charge is 0.479 e. The molecule has 2 fully saturated rings. The van der Waals surface area contributed by atoms with E-state index in [2.05, 4.69) is 5.32 Å². The highest BCUT2D eigenvalue weighted by molar-refractivity contribution is 6.00. The van der Waals surface area contributed by atoms with Gasteiger partial charge in [-0.15, -0.1) is 0 Å². The van der Waals surface area contributed by atoms with Gasteiger partial charge in [-0.3, -0.25) is 9.59 Å². The third kappa shape index (κ3) is 3.82. The third-order valence-electron chi connectivity index (χ3n) is 4.66. The summed E-state index contributed by atoms with van der Waals surface area (Å²) in [6.45, 7) is 2.59. The van der Waals surface area contributed by atoms with Crippen molar-refractivity contribution < 1.29 is 24.2 Å². The number of aliphatic carboxylic acids is 1. The van der Waals surface area contributed by atoms with Crippen LogP contribution in [0.15, 0.2) is 24.3 Å². The first-order chi connectivity index (χ1) is 12.0. The first-order valence-electron chi connectivity index (χ1n) is 8.52. The Morgan fingerprint density at radius 3 is 2.68 bits per heavy atom. The van der Waals surface area contributed by atoms with Gasteiger partial charge in [-0.05, 0) is 50.3 Å². The normalized spacial score (nSPS) is 26.5. The summed E-state index contributed by atoms with van der Waals surface area (Å²) >= 11 is 0. The molecule has 0 spiro atoms. The Morgan fingerprint density at radius 1 is 1.24 bits per heavy atom. The number of aryl methyl sites for hydroxylation is 1. The summed E-state index contributed by atoms with van der Waals surface area (Å²) in [5.41, 5.74) is 1.89. The van der Waals surface area contributed by atoms with Crippen molar-refractivity contribution >= 4 is 23.5 Å². The average Bonchev–Trinajstić information content (AvgIpc) is 3.07. The highest BCUT2D eigenvalue weighted by atomic mass is 16.5. The molecule has 0 bridgehead atoms. The van der Waals surface area contributed by atoms with E-state index in [4.69, 9.17) is 9.84 Å². The van der Waals surface area contributed by atoms with E-state index in [9.17, 15) is 14.4 Å². The van der Waals surface area contributed by atoms with Crippen molar-refractivity contribution in [1.29, 1.82) is 0 Å². The highest BCUT2D eigenvalue weighted by Crippen LogP contribution is 2.24. The number of hydrogen-bond acceptors (Lipinski definition) is 4. The Balaban J connectivity index is 1.64. The van der Waals surface area contributed by atoms with Gasteiger partial charge in [0.25, 0.3) is 0 Å². The number of rotatable bonds is 4. The molecule has 0 aromatic heterocycles. The van der Waals surface area contributed by atoms with E-state index in [-0.39, 0.29) is 5.91 Å². The van der Waals surface area contributed by atoms with Crippen LogP contribution in [0.4, 0.5) is 5.69 Å². The zero-order chi connectivity index (χ0) is 18.0. The SMILES string of the molecule is Cc1cccc(N2CCCC(NC(=O)[C@H]3CC[C@@H](C(=O)O)O3)C2=O)c1. The summed E-state index contributed by atoms with van der Waals surface area (Å²) in [6.07, 6.45) is 0.271. The number of anilines is 1. The van der Waals surface area contributed by atoms with Crippen molar-refractivity contribution in [2.75, 3.05) is 11.4 Å². The van der Waals surface area contributed by atoms with Crippen molar-refractivity contribution in [2.45, 2.75) is 50.9 Å². The van der Waals surface area contributed by atoms with Crippen LogP contribution in [0.2, 0.25) is 0 Å². The zero-order valence-electron chi connectivity index (χ0n) is 14.1. The summed E-state index contributed by atoms with van der Waals surface area (Å²) in [5, 5.41) is 11.7. The number of carbonyl (C=O) groups is 3. The molecule has 0 aliphatic carbocycles. The maximum absolute atomic E-state index is 12.7. The molecule has 3 rings (SSSR count). The van der Waals surface area contributed by atoms with Crippen LogP contribution in [-0.2, 0) is 19.1 Å². The predicted molar refractivity (Wildman–Crippen MR) is 90.2 cm³/mol. The third-order valence-corrected chi connectivity index (χ3v) is 4.66. The molecule has 2 heterocycles. The Hall–Kier alpha value is -2.41. The van der Waals surface area contributed by atoms with E-state index < -0.39 is 30.1 Å². The lowest BCUT2D eigenvalue weighted by molar-refractivity contribution is -0.152. The van der Waals surface area contributed by atoms with E-state index in [1.54, 1.807) is 4.90 Å². The molecular weight excluding hydrogens is 324 g/mol. The van der Waals surface area contributed by atoms with Crippen LogP contribution in [0, 0.1) is 6.92 Å². The molecule has 1 aromatic carbocycles. The number of hydrogen-bond donors (Lipinski definition) is 2. The molecule has 2 N–H and O–H groups in total. The number of benzene rings is 1. The molecular formula is C18H22N2O5. The van der Waals surface area contributed by atoms with Crippen LogP contribution in [0.25, 0.3) is 0 Å². The van der Waals surface area contributed by atoms with Gasteiger partial charge in [0.1, 0.15) is 12.1 Å². The zero-order valence-corrected chi connectivity index (χ0v) is 14.1. The van der Waals surface area contributed by atoms with E-state index in [0.29, 0.717) is 25.8 Å². The van der Waals surface area contributed by atoms with Crippen molar-refractivity contribution in [3.63, 3.8) is 0 Å². The molecule has 134 valence electrons. The van der Waals surface area contributed by atoms with Crippen LogP contribution < -0.4 is 10.2 Å². The van der Waals surface area contributed by atoms with E-state index >= 15 is 0 Å². The van der Waals surface area contributed by atoms with Gasteiger partial charge in [0, 0.05) is 12.2 Å². The quantitative estimate of drug-likeness (QED) is 0.855. The molecule has 2 saturated heterocycles. The second kappa shape index (κ2) is 7.23. The highest BCUT2D eigenvalue weighted by Gasteiger charge is 2.37. The van der Waals surface area contributed by atoms with Crippen LogP contribution in [-0.4, -0.2) is 47.7 Å². The van der Waals surface area contributed by atoms with E-state index in [0.717, 1.165) is 17.7 Å². The van der Waals surface area contributed by atoms with Gasteiger partial charge in [-0.25, -0.2) is 4.79 Å². The van der Waals surface area contributed by atoms with E-state index in [1.807, 2.05) is 31.2 Å². The number of piperidine rings is 1. The van der Waals surface area contributed by atoms with Crippen LogP contribution in [0.3, 0.4) is 0 Å². The summed E-state index contributed by atoms with van der Waals surface area (Å²) in [5.74, 6) is -1.61. The lowest BCUT2D eigenvalue weighted by atomic mass is 10.0. The molecule has 25 heavy (non-hydrogen) atoms. The minimum atomic E-state index is -1.06. The van der Waals surface area contributed by atoms with Crippen LogP contribution in [0.5, 0.6) is 0 Å². The van der Waals surface area contributed by atoms with Gasteiger partial charge in [0.15, 0.2) is 6.10 Å². The first kappa shape index (κ1) is 17.4. The first-order valence-corrected chi connectivity index (χ1v) is 8.52. The van der Waals surface area contributed by atoms with Gasteiger partial charge in [-0.2, -0.15) is 0 Å². The fraction of sp³-hybridized carbons (Fsp3) is 0.500. The topological polar surface area (TPSA) is 95.9 Å². The average molecular weight is 346 g/mol. The summed E-state index contributed by atoms with van der Waals surface area (Å²) in [6, 6.07) is 7.09. The molecule has 1 unspecified atom stereocenters. The molecule has 7 nitrogen and oxygen atoms in total. The Kier molecular flexibility index (Phi) is 5.03. The molecule has 1 aromatic rings. The smallest absolute Gasteiger partial charge is 0.332 e. The minimum Gasteiger partial charge on any atom is -0.479 e. The number of carboxylic acids is 1. The fourth-order valence-corrected chi connectivity index (χ4v) is 3.34. The lowest BCUT2D eigenvalue weighted by Crippen LogP contribution is -2.54. The van der Waals surface area contributed by atoms with Crippen LogP contribution >= 0.6 is 0 Å². The fourth-order valence-electron chi connectivity index (χ4n) is 3.34. The second-order valence-corrected chi connectivity index (χ2v) is 6.56. The Bertz CT molecular complexity index is 690. The summed E-state index contributed by atoms with van der Waals surface area (Å²) in [4.78, 5) is 37.7. The number of amides is 2. The molecule has 2 aliphatic rings. The number of nitrogens with zero attached hydrogens (tertiary/aromatic N) is 1. The minimum absolute atomic E-state index is 0.141. The number of carboxylic acid groups (broad SMARTS) is 1. The summed E-state index contributed by atoms with van der Waals surface area (Å²) in [7, 11) is 0. The number of carbonyl (C=O) groups excluding carboxylic acids is 2. The van der Waals surface area contributed by atoms with Crippen molar-refractivity contribution in [2.24, 2.45) is 0 Å². The maximum Gasteiger partial charge on any atom is 0.332 e. The van der Waals surface area contributed by atoms with Crippen LogP contribution in [0.1, 0.15) is 31.2 Å². The van der Waals surface area contributed by atoms with Gasteiger partial charge in [-0.1, -0.05) is 12.1 Å². The molecule has 7 heteroatoms.